The summed E-state index contributed by atoms with van der Waals surface area (Å²) in [7, 11) is 0. The van der Waals surface area contributed by atoms with E-state index >= 15 is 0 Å². The maximum absolute atomic E-state index is 5.93. The Labute approximate surface area is 70.7 Å². The quantitative estimate of drug-likeness (QED) is 0.463. The molecular formula is C10H21N. The molecule has 1 heteroatoms. The van der Waals surface area contributed by atoms with Gasteiger partial charge in [0, 0.05) is 6.04 Å². The van der Waals surface area contributed by atoms with Crippen LogP contribution in [0.2, 0.25) is 0 Å². The molecule has 0 saturated heterocycles. The van der Waals surface area contributed by atoms with Crippen LogP contribution < -0.4 is 5.73 Å². The summed E-state index contributed by atoms with van der Waals surface area (Å²) in [5, 5.41) is 0. The Morgan fingerprint density at radius 1 is 1.55 bits per heavy atom. The van der Waals surface area contributed by atoms with E-state index in [1.165, 1.54) is 12.8 Å². The van der Waals surface area contributed by atoms with Crippen LogP contribution in [-0.2, 0) is 0 Å². The van der Waals surface area contributed by atoms with Gasteiger partial charge in [-0.3, -0.25) is 0 Å². The molecule has 0 amide bonds. The Bertz CT molecular complexity index is 99.0. The zero-order valence-electron chi connectivity index (χ0n) is 7.84. The van der Waals surface area contributed by atoms with Gasteiger partial charge >= 0.3 is 0 Å². The highest BCUT2D eigenvalue weighted by Gasteiger charge is 2.08. The first-order valence-corrected chi connectivity index (χ1v) is 4.58. The summed E-state index contributed by atoms with van der Waals surface area (Å²) in [5.74, 6) is 0.666. The third kappa shape index (κ3) is 5.02. The summed E-state index contributed by atoms with van der Waals surface area (Å²) in [5.41, 5.74) is 5.93. The van der Waals surface area contributed by atoms with Crippen LogP contribution in [0.4, 0.5) is 0 Å². The zero-order chi connectivity index (χ0) is 8.69. The van der Waals surface area contributed by atoms with Crippen molar-refractivity contribution in [2.75, 3.05) is 0 Å². The van der Waals surface area contributed by atoms with Gasteiger partial charge in [0.15, 0.2) is 0 Å². The molecule has 0 spiro atoms. The van der Waals surface area contributed by atoms with Crippen molar-refractivity contribution >= 4 is 0 Å². The van der Waals surface area contributed by atoms with E-state index in [1.807, 2.05) is 6.08 Å². The van der Waals surface area contributed by atoms with Crippen molar-refractivity contribution < 1.29 is 0 Å². The van der Waals surface area contributed by atoms with Gasteiger partial charge in [0.05, 0.1) is 0 Å². The van der Waals surface area contributed by atoms with Crippen LogP contribution in [0, 0.1) is 5.92 Å². The first kappa shape index (κ1) is 10.7. The molecule has 1 nitrogen and oxygen atoms in total. The third-order valence-electron chi connectivity index (χ3n) is 2.32. The molecule has 0 bridgehead atoms. The third-order valence-corrected chi connectivity index (χ3v) is 2.32. The van der Waals surface area contributed by atoms with Crippen LogP contribution in [-0.4, -0.2) is 6.04 Å². The van der Waals surface area contributed by atoms with Gasteiger partial charge in [-0.2, -0.15) is 0 Å². The molecule has 0 aliphatic carbocycles. The molecule has 11 heavy (non-hydrogen) atoms. The second-order valence-electron chi connectivity index (χ2n) is 3.27. The number of hydrogen-bond acceptors (Lipinski definition) is 1. The molecule has 2 atom stereocenters. The van der Waals surface area contributed by atoms with Crippen molar-refractivity contribution in [2.45, 2.75) is 45.6 Å². The van der Waals surface area contributed by atoms with E-state index in [1.54, 1.807) is 0 Å². The lowest BCUT2D eigenvalue weighted by molar-refractivity contribution is 0.412. The predicted molar refractivity (Wildman–Crippen MR) is 51.5 cm³/mol. The Balaban J connectivity index is 3.34. The van der Waals surface area contributed by atoms with Crippen LogP contribution in [0.5, 0.6) is 0 Å². The van der Waals surface area contributed by atoms with Crippen molar-refractivity contribution in [1.82, 2.24) is 0 Å². The van der Waals surface area contributed by atoms with Crippen molar-refractivity contribution in [3.05, 3.63) is 12.7 Å². The molecule has 0 fully saturated rings. The highest BCUT2D eigenvalue weighted by atomic mass is 14.6. The number of nitrogens with two attached hydrogens (primary N) is 1. The lowest BCUT2D eigenvalue weighted by atomic mass is 9.95. The average molecular weight is 155 g/mol. The van der Waals surface area contributed by atoms with Gasteiger partial charge in [0.2, 0.25) is 0 Å². The Morgan fingerprint density at radius 3 is 2.64 bits per heavy atom. The minimum atomic E-state index is 0.389. The summed E-state index contributed by atoms with van der Waals surface area (Å²) in [4.78, 5) is 0. The van der Waals surface area contributed by atoms with Gasteiger partial charge in [-0.05, 0) is 25.2 Å². The van der Waals surface area contributed by atoms with Gasteiger partial charge in [0.25, 0.3) is 0 Å². The van der Waals surface area contributed by atoms with E-state index in [2.05, 4.69) is 20.4 Å². The summed E-state index contributed by atoms with van der Waals surface area (Å²) in [6.45, 7) is 8.10. The molecule has 0 aromatic heterocycles. The van der Waals surface area contributed by atoms with E-state index < -0.39 is 0 Å². The normalized spacial score (nSPS) is 15.9. The van der Waals surface area contributed by atoms with Gasteiger partial charge < -0.3 is 5.73 Å². The molecule has 0 rings (SSSR count). The fraction of sp³-hybridized carbons (Fsp3) is 0.800. The summed E-state index contributed by atoms with van der Waals surface area (Å²) >= 11 is 0. The first-order valence-electron chi connectivity index (χ1n) is 4.58. The molecule has 0 saturated carbocycles. The maximum atomic E-state index is 5.93. The Hall–Kier alpha value is -0.300. The van der Waals surface area contributed by atoms with Crippen LogP contribution in [0.25, 0.3) is 0 Å². The lowest BCUT2D eigenvalue weighted by Crippen LogP contribution is -2.27. The summed E-state index contributed by atoms with van der Waals surface area (Å²) < 4.78 is 0. The number of rotatable bonds is 6. The Morgan fingerprint density at radius 2 is 2.18 bits per heavy atom. The smallest absolute Gasteiger partial charge is 0.00645 e. The summed E-state index contributed by atoms with van der Waals surface area (Å²) in [6, 6.07) is 0.389. The summed E-state index contributed by atoms with van der Waals surface area (Å²) in [6.07, 6.45) is 6.58. The van der Waals surface area contributed by atoms with Crippen molar-refractivity contribution in [3.8, 4) is 0 Å². The van der Waals surface area contributed by atoms with Crippen molar-refractivity contribution in [1.29, 1.82) is 0 Å². The lowest BCUT2D eigenvalue weighted by Gasteiger charge is -2.17. The van der Waals surface area contributed by atoms with Crippen LogP contribution in [0.15, 0.2) is 12.7 Å². The minimum Gasteiger partial charge on any atom is -0.327 e. The molecule has 0 aromatic rings. The zero-order valence-corrected chi connectivity index (χ0v) is 7.84. The second-order valence-corrected chi connectivity index (χ2v) is 3.27. The largest absolute Gasteiger partial charge is 0.327 e. The van der Waals surface area contributed by atoms with Crippen LogP contribution in [0.1, 0.15) is 39.5 Å². The number of unbranched alkanes of at least 4 members (excludes halogenated alkanes) is 1. The van der Waals surface area contributed by atoms with E-state index in [0.29, 0.717) is 12.0 Å². The fourth-order valence-corrected chi connectivity index (χ4v) is 1.09. The molecule has 0 aromatic carbocycles. The number of hydrogen-bond donors (Lipinski definition) is 1. The van der Waals surface area contributed by atoms with Crippen LogP contribution in [0.3, 0.4) is 0 Å². The first-order chi connectivity index (χ1) is 5.22. The molecule has 2 N–H and O–H groups in total. The molecule has 0 radical (unpaired) electrons. The monoisotopic (exact) mass is 155 g/mol. The topological polar surface area (TPSA) is 26.0 Å². The van der Waals surface area contributed by atoms with E-state index in [4.69, 9.17) is 5.73 Å². The average Bonchev–Trinajstić information content (AvgIpc) is 2.03. The molecule has 0 heterocycles. The number of allylic oxidation sites excluding steroid dienone is 1. The molecule has 0 aliphatic heterocycles. The fourth-order valence-electron chi connectivity index (χ4n) is 1.09. The maximum Gasteiger partial charge on any atom is 0.00645 e. The van der Waals surface area contributed by atoms with Crippen molar-refractivity contribution in [3.63, 3.8) is 0 Å². The molecule has 0 aliphatic rings. The molecule has 66 valence electrons. The van der Waals surface area contributed by atoms with Gasteiger partial charge in [0.1, 0.15) is 0 Å². The standard InChI is InChI=1S/C10H21N/c1-4-6-7-8-10(11)9(3)5-2/h4,9-10H,1,5-8,11H2,2-3H3. The Kier molecular flexibility index (Phi) is 6.24. The highest BCUT2D eigenvalue weighted by Crippen LogP contribution is 2.11. The molecule has 2 unspecified atom stereocenters. The predicted octanol–water partition coefficient (Wildman–Crippen LogP) is 2.72. The minimum absolute atomic E-state index is 0.389. The van der Waals surface area contributed by atoms with E-state index in [0.717, 1.165) is 12.8 Å². The van der Waals surface area contributed by atoms with Crippen LogP contribution >= 0.6 is 0 Å². The molecular weight excluding hydrogens is 134 g/mol. The second kappa shape index (κ2) is 6.41. The van der Waals surface area contributed by atoms with E-state index in [9.17, 15) is 0 Å². The van der Waals surface area contributed by atoms with E-state index in [-0.39, 0.29) is 0 Å². The van der Waals surface area contributed by atoms with Crippen molar-refractivity contribution in [2.24, 2.45) is 11.7 Å². The van der Waals surface area contributed by atoms with Gasteiger partial charge in [-0.25, -0.2) is 0 Å². The SMILES string of the molecule is C=CCCCC(N)C(C)CC. The highest BCUT2D eigenvalue weighted by molar-refractivity contribution is 4.71. The van der Waals surface area contributed by atoms with Gasteiger partial charge in [-0.15, -0.1) is 6.58 Å². The van der Waals surface area contributed by atoms with Gasteiger partial charge in [-0.1, -0.05) is 26.3 Å².